The van der Waals surface area contributed by atoms with Crippen molar-refractivity contribution in [3.8, 4) is 11.5 Å². The molecule has 0 aliphatic rings. The maximum absolute atomic E-state index is 13.3. The van der Waals surface area contributed by atoms with Crippen LogP contribution in [0.15, 0.2) is 30.3 Å². The molecule has 0 aliphatic carbocycles. The van der Waals surface area contributed by atoms with Gasteiger partial charge < -0.3 is 9.26 Å². The van der Waals surface area contributed by atoms with E-state index >= 15 is 0 Å². The van der Waals surface area contributed by atoms with Gasteiger partial charge in [0.2, 0.25) is 7.37 Å². The summed E-state index contributed by atoms with van der Waals surface area (Å²) >= 11 is 0. The molecule has 1 aromatic carbocycles. The van der Waals surface area contributed by atoms with E-state index in [9.17, 15) is 9.36 Å². The molecule has 0 amide bonds. The maximum Gasteiger partial charge on any atom is 0.306 e. The lowest BCUT2D eigenvalue weighted by Gasteiger charge is -2.26. The first-order valence-corrected chi connectivity index (χ1v) is 15.9. The fraction of sp³-hybridized carbons (Fsp3) is 0.609. The van der Waals surface area contributed by atoms with Crippen molar-refractivity contribution in [1.29, 1.82) is 0 Å². The van der Waals surface area contributed by atoms with Crippen LogP contribution in [-0.4, -0.2) is 32.0 Å². The molecule has 0 fully saturated rings. The summed E-state index contributed by atoms with van der Waals surface area (Å²) in [5.41, 5.74) is 3.81. The highest BCUT2D eigenvalue weighted by Crippen LogP contribution is 2.50. The normalized spacial score (nSPS) is 13.9. The first kappa shape index (κ1) is 25.7. The van der Waals surface area contributed by atoms with Crippen LogP contribution in [0.1, 0.15) is 52.0 Å². The number of hydrogen-bond donors (Lipinski definition) is 0. The Bertz CT molecular complexity index is 736. The number of ether oxygens (including phenoxy) is 1. The van der Waals surface area contributed by atoms with Crippen molar-refractivity contribution in [2.75, 3.05) is 12.3 Å². The zero-order chi connectivity index (χ0) is 22.0. The average Bonchev–Trinajstić information content (AvgIpc) is 2.58. The largest absolute Gasteiger partial charge is 0.461 e. The van der Waals surface area contributed by atoms with E-state index < -0.39 is 21.0 Å². The molecule has 162 valence electrons. The Morgan fingerprint density at radius 2 is 1.72 bits per heavy atom. The van der Waals surface area contributed by atoms with Crippen molar-refractivity contribution >= 4 is 21.4 Å². The zero-order valence-electron chi connectivity index (χ0n) is 18.9. The van der Waals surface area contributed by atoms with Gasteiger partial charge in [0.1, 0.15) is 14.7 Å². The Kier molecular flexibility index (Phi) is 10.4. The van der Waals surface area contributed by atoms with E-state index in [1.165, 1.54) is 0 Å². The molecule has 0 saturated carbocycles. The lowest BCUT2D eigenvalue weighted by molar-refractivity contribution is -0.145. The van der Waals surface area contributed by atoms with Gasteiger partial charge in [0.25, 0.3) is 0 Å². The lowest BCUT2D eigenvalue weighted by atomic mass is 10.2. The molecule has 1 aromatic rings. The van der Waals surface area contributed by atoms with Crippen LogP contribution in [0.4, 0.5) is 0 Å². The summed E-state index contributed by atoms with van der Waals surface area (Å²) in [6.07, 6.45) is 3.50. The molecule has 0 radical (unpaired) electrons. The van der Waals surface area contributed by atoms with Gasteiger partial charge in [-0.25, -0.2) is 0 Å². The summed E-state index contributed by atoms with van der Waals surface area (Å²) in [5.74, 6) is 2.94. The smallest absolute Gasteiger partial charge is 0.306 e. The van der Waals surface area contributed by atoms with E-state index in [2.05, 4.69) is 31.1 Å². The number of carbonyl (C=O) groups excluding carboxylic acids is 1. The molecule has 0 aromatic heterocycles. The van der Waals surface area contributed by atoms with Crippen LogP contribution in [0, 0.1) is 11.5 Å². The Labute approximate surface area is 178 Å². The van der Waals surface area contributed by atoms with Crippen molar-refractivity contribution < 1.29 is 18.6 Å². The van der Waals surface area contributed by atoms with E-state index in [1.807, 2.05) is 51.1 Å². The number of carbonyl (C=O) groups is 1. The second-order valence-corrected chi connectivity index (χ2v) is 16.7. The van der Waals surface area contributed by atoms with Crippen molar-refractivity contribution in [3.63, 3.8) is 0 Å². The summed E-state index contributed by atoms with van der Waals surface area (Å²) < 4.78 is 24.5. The average molecular weight is 437 g/mol. The molecule has 1 rings (SSSR count). The molecule has 1 unspecified atom stereocenters. The van der Waals surface area contributed by atoms with Crippen molar-refractivity contribution in [2.24, 2.45) is 0 Å². The van der Waals surface area contributed by atoms with E-state index in [0.29, 0.717) is 25.4 Å². The standard InChI is InChI=1S/C23H37O4PSi/c1-23(2,3)27-28(25,18-13-19-29(4,5)6)17-12-8-11-16-22(24)26-20-21-14-9-7-10-15-21/h7,9-10,14-15H,8,11-12,16-18,20H2,1-6H3. The van der Waals surface area contributed by atoms with Crippen molar-refractivity contribution in [3.05, 3.63) is 35.9 Å². The summed E-state index contributed by atoms with van der Waals surface area (Å²) in [6.45, 7) is 12.6. The van der Waals surface area contributed by atoms with Gasteiger partial charge in [-0.3, -0.25) is 9.36 Å². The first-order chi connectivity index (χ1) is 13.4. The Balaban J connectivity index is 2.40. The van der Waals surface area contributed by atoms with E-state index in [0.717, 1.165) is 24.8 Å². The highest BCUT2D eigenvalue weighted by atomic mass is 31.2. The van der Waals surface area contributed by atoms with Crippen LogP contribution in [0.5, 0.6) is 0 Å². The first-order valence-electron chi connectivity index (χ1n) is 10.4. The highest BCUT2D eigenvalue weighted by molar-refractivity contribution is 7.59. The summed E-state index contributed by atoms with van der Waals surface area (Å²) in [7, 11) is -4.31. The zero-order valence-corrected chi connectivity index (χ0v) is 20.8. The molecular weight excluding hydrogens is 399 g/mol. The van der Waals surface area contributed by atoms with Crippen LogP contribution in [0.2, 0.25) is 19.6 Å². The number of rotatable bonds is 10. The van der Waals surface area contributed by atoms with Crippen LogP contribution in [0.25, 0.3) is 0 Å². The predicted molar refractivity (Wildman–Crippen MR) is 124 cm³/mol. The second kappa shape index (κ2) is 11.7. The topological polar surface area (TPSA) is 52.6 Å². The van der Waals surface area contributed by atoms with Gasteiger partial charge in [-0.15, -0.1) is 11.5 Å². The number of unbranched alkanes of at least 4 members (excludes halogenated alkanes) is 2. The Morgan fingerprint density at radius 1 is 1.07 bits per heavy atom. The molecule has 0 aliphatic heterocycles. The van der Waals surface area contributed by atoms with Gasteiger partial charge in [0.05, 0.1) is 11.8 Å². The third-order valence-electron chi connectivity index (χ3n) is 3.85. The van der Waals surface area contributed by atoms with Gasteiger partial charge in [-0.2, -0.15) is 0 Å². The fourth-order valence-electron chi connectivity index (χ4n) is 2.69. The van der Waals surface area contributed by atoms with Crippen molar-refractivity contribution in [1.82, 2.24) is 0 Å². The Morgan fingerprint density at radius 3 is 2.31 bits per heavy atom. The lowest BCUT2D eigenvalue weighted by Crippen LogP contribution is -2.20. The molecule has 1 atom stereocenters. The summed E-state index contributed by atoms with van der Waals surface area (Å²) in [6, 6.07) is 9.66. The number of benzene rings is 1. The minimum Gasteiger partial charge on any atom is -0.461 e. The number of esters is 1. The third-order valence-corrected chi connectivity index (χ3v) is 7.29. The quantitative estimate of drug-likeness (QED) is 0.143. The van der Waals surface area contributed by atoms with Crippen LogP contribution in [-0.2, 0) is 25.2 Å². The summed E-state index contributed by atoms with van der Waals surface area (Å²) in [5, 5.41) is 0. The van der Waals surface area contributed by atoms with Gasteiger partial charge in [-0.1, -0.05) is 56.4 Å². The SMILES string of the molecule is CC(C)(C)OP(=O)(CC#C[Si](C)(C)C)CCCCCC(=O)OCc1ccccc1. The van der Waals surface area contributed by atoms with Gasteiger partial charge in [-0.05, 0) is 39.2 Å². The van der Waals surface area contributed by atoms with Gasteiger partial charge >= 0.3 is 5.97 Å². The third kappa shape index (κ3) is 13.5. The monoisotopic (exact) mass is 436 g/mol. The molecular formula is C23H37O4PSi. The molecule has 0 bridgehead atoms. The van der Waals surface area contributed by atoms with Crippen LogP contribution >= 0.6 is 7.37 Å². The second-order valence-electron chi connectivity index (χ2n) is 9.41. The van der Waals surface area contributed by atoms with Crippen molar-refractivity contribution in [2.45, 2.75) is 78.3 Å². The van der Waals surface area contributed by atoms with Gasteiger partial charge in [0, 0.05) is 12.6 Å². The molecule has 4 nitrogen and oxygen atoms in total. The molecule has 6 heteroatoms. The fourth-order valence-corrected chi connectivity index (χ4v) is 5.80. The summed E-state index contributed by atoms with van der Waals surface area (Å²) in [4.78, 5) is 11.9. The van der Waals surface area contributed by atoms with Crippen LogP contribution < -0.4 is 0 Å². The molecule has 29 heavy (non-hydrogen) atoms. The molecule has 0 heterocycles. The maximum atomic E-state index is 13.3. The van der Waals surface area contributed by atoms with Crippen LogP contribution in [0.3, 0.4) is 0 Å². The molecule has 0 N–H and O–H groups in total. The predicted octanol–water partition coefficient (Wildman–Crippen LogP) is 6.26. The van der Waals surface area contributed by atoms with E-state index in [1.54, 1.807) is 0 Å². The number of hydrogen-bond acceptors (Lipinski definition) is 4. The highest BCUT2D eigenvalue weighted by Gasteiger charge is 2.28. The molecule has 0 spiro atoms. The minimum absolute atomic E-state index is 0.191. The molecule has 0 saturated heterocycles. The van der Waals surface area contributed by atoms with E-state index in [-0.39, 0.29) is 5.97 Å². The van der Waals surface area contributed by atoms with E-state index in [4.69, 9.17) is 9.26 Å². The Hall–Kier alpha value is -1.34. The minimum atomic E-state index is -2.81. The van der Waals surface area contributed by atoms with Gasteiger partial charge in [0.15, 0.2) is 0 Å².